The van der Waals surface area contributed by atoms with Gasteiger partial charge in [-0.05, 0) is 23.4 Å². The van der Waals surface area contributed by atoms with Crippen LogP contribution < -0.4 is 5.32 Å². The number of hydrogen-bond acceptors (Lipinski definition) is 5. The first-order valence-corrected chi connectivity index (χ1v) is 9.50. The number of nitrogens with one attached hydrogen (secondary N) is 1. The van der Waals surface area contributed by atoms with Gasteiger partial charge in [0, 0.05) is 37.0 Å². The fourth-order valence-electron chi connectivity index (χ4n) is 2.80. The van der Waals surface area contributed by atoms with Gasteiger partial charge in [0.1, 0.15) is 0 Å². The normalized spacial score (nSPS) is 25.2. The molecule has 2 aliphatic heterocycles. The largest absolute Gasteiger partial charge is 0.338 e. The Labute approximate surface area is 122 Å². The lowest BCUT2D eigenvalue weighted by atomic mass is 10.1. The second-order valence-electron chi connectivity index (χ2n) is 5.40. The molecule has 0 aromatic carbocycles. The zero-order chi connectivity index (χ0) is 14.2. The molecule has 2 aliphatic rings. The predicted molar refractivity (Wildman–Crippen MR) is 78.5 cm³/mol. The van der Waals surface area contributed by atoms with Gasteiger partial charge in [-0.2, -0.15) is 0 Å². The molecule has 5 nitrogen and oxygen atoms in total. The van der Waals surface area contributed by atoms with Crippen LogP contribution in [0.1, 0.15) is 16.9 Å². The maximum atomic E-state index is 12.3. The van der Waals surface area contributed by atoms with E-state index in [1.165, 1.54) is 10.4 Å². The van der Waals surface area contributed by atoms with Gasteiger partial charge in [-0.15, -0.1) is 11.3 Å². The summed E-state index contributed by atoms with van der Waals surface area (Å²) in [6.07, 6.45) is 1.19. The molecule has 1 amide bonds. The van der Waals surface area contributed by atoms with Gasteiger partial charge in [-0.25, -0.2) is 8.42 Å². The molecule has 0 bridgehead atoms. The fourth-order valence-corrected chi connectivity index (χ4v) is 5.13. The van der Waals surface area contributed by atoms with E-state index in [0.717, 1.165) is 13.0 Å². The maximum absolute atomic E-state index is 12.3. The van der Waals surface area contributed by atoms with Crippen LogP contribution in [0.15, 0.2) is 11.4 Å². The summed E-state index contributed by atoms with van der Waals surface area (Å²) in [6.45, 7) is 1.86. The van der Waals surface area contributed by atoms with Gasteiger partial charge in [0.25, 0.3) is 0 Å². The van der Waals surface area contributed by atoms with Gasteiger partial charge in [0.2, 0.25) is 5.91 Å². The average Bonchev–Trinajstić information content (AvgIpc) is 2.84. The summed E-state index contributed by atoms with van der Waals surface area (Å²) in [5, 5.41) is 5.20. The maximum Gasteiger partial charge on any atom is 0.224 e. The van der Waals surface area contributed by atoms with Gasteiger partial charge >= 0.3 is 0 Å². The highest BCUT2D eigenvalue weighted by Gasteiger charge is 2.29. The second kappa shape index (κ2) is 5.46. The minimum atomic E-state index is -2.98. The van der Waals surface area contributed by atoms with Crippen LogP contribution in [0.2, 0.25) is 0 Å². The minimum Gasteiger partial charge on any atom is -0.338 e. The topological polar surface area (TPSA) is 66.5 Å². The SMILES string of the molecule is O=C(CC1CS(=O)(=O)CCN1)N1CCc2sccc2C1. The first-order chi connectivity index (χ1) is 9.53. The van der Waals surface area contributed by atoms with E-state index in [1.54, 1.807) is 11.3 Å². The summed E-state index contributed by atoms with van der Waals surface area (Å²) < 4.78 is 23.2. The lowest BCUT2D eigenvalue weighted by Gasteiger charge is -2.30. The molecule has 1 saturated heterocycles. The van der Waals surface area contributed by atoms with Crippen LogP contribution in [-0.2, 0) is 27.6 Å². The Hall–Kier alpha value is -0.920. The summed E-state index contributed by atoms with van der Waals surface area (Å²) in [7, 11) is -2.98. The van der Waals surface area contributed by atoms with E-state index in [9.17, 15) is 13.2 Å². The molecule has 20 heavy (non-hydrogen) atoms. The monoisotopic (exact) mass is 314 g/mol. The highest BCUT2D eigenvalue weighted by Crippen LogP contribution is 2.24. The Balaban J connectivity index is 1.60. The Morgan fingerprint density at radius 1 is 1.50 bits per heavy atom. The summed E-state index contributed by atoms with van der Waals surface area (Å²) in [6, 6.07) is 1.84. The fraction of sp³-hybridized carbons (Fsp3) is 0.615. The molecule has 3 heterocycles. The number of carbonyl (C=O) groups is 1. The van der Waals surface area contributed by atoms with Crippen LogP contribution >= 0.6 is 11.3 Å². The highest BCUT2D eigenvalue weighted by atomic mass is 32.2. The highest BCUT2D eigenvalue weighted by molar-refractivity contribution is 7.91. The van der Waals surface area contributed by atoms with Crippen molar-refractivity contribution < 1.29 is 13.2 Å². The molecule has 3 rings (SSSR count). The molecule has 0 spiro atoms. The van der Waals surface area contributed by atoms with Gasteiger partial charge < -0.3 is 10.2 Å². The third-order valence-corrected chi connectivity index (χ3v) is 6.64. The number of amides is 1. The average molecular weight is 314 g/mol. The molecule has 110 valence electrons. The Bertz CT molecular complexity index is 609. The van der Waals surface area contributed by atoms with Gasteiger partial charge in [-0.1, -0.05) is 0 Å². The van der Waals surface area contributed by atoms with Crippen LogP contribution in [-0.4, -0.2) is 49.9 Å². The standard InChI is InChI=1S/C13H18N2O3S2/c16-13(7-11-9-20(17,18)6-3-14-11)15-4-1-12-10(8-15)2-5-19-12/h2,5,11,14H,1,3-4,6-9H2. The first-order valence-electron chi connectivity index (χ1n) is 6.80. The molecular weight excluding hydrogens is 296 g/mol. The van der Waals surface area contributed by atoms with Crippen molar-refractivity contribution in [2.75, 3.05) is 24.6 Å². The number of sulfone groups is 1. The molecular formula is C13H18N2O3S2. The summed E-state index contributed by atoms with van der Waals surface area (Å²) >= 11 is 1.74. The first kappa shape index (κ1) is 14.0. The molecule has 0 radical (unpaired) electrons. The van der Waals surface area contributed by atoms with Crippen LogP contribution in [0.3, 0.4) is 0 Å². The van der Waals surface area contributed by atoms with Crippen molar-refractivity contribution in [3.8, 4) is 0 Å². The number of thiophene rings is 1. The number of fused-ring (bicyclic) bond motifs is 1. The quantitative estimate of drug-likeness (QED) is 0.859. The van der Waals surface area contributed by atoms with Crippen molar-refractivity contribution in [3.63, 3.8) is 0 Å². The van der Waals surface area contributed by atoms with Crippen molar-refractivity contribution in [2.24, 2.45) is 0 Å². The van der Waals surface area contributed by atoms with Gasteiger partial charge in [0.05, 0.1) is 11.5 Å². The molecule has 1 aromatic rings. The Morgan fingerprint density at radius 3 is 3.15 bits per heavy atom. The lowest BCUT2D eigenvalue weighted by Crippen LogP contribution is -2.48. The Morgan fingerprint density at radius 2 is 2.35 bits per heavy atom. The zero-order valence-corrected chi connectivity index (χ0v) is 12.8. The molecule has 1 unspecified atom stereocenters. The minimum absolute atomic E-state index is 0.0523. The third-order valence-electron chi connectivity index (χ3n) is 3.88. The van der Waals surface area contributed by atoms with E-state index < -0.39 is 9.84 Å². The van der Waals surface area contributed by atoms with E-state index in [2.05, 4.69) is 16.8 Å². The summed E-state index contributed by atoms with van der Waals surface area (Å²) in [5.74, 6) is 0.312. The van der Waals surface area contributed by atoms with Crippen molar-refractivity contribution in [2.45, 2.75) is 25.4 Å². The van der Waals surface area contributed by atoms with Crippen LogP contribution in [0.25, 0.3) is 0 Å². The van der Waals surface area contributed by atoms with Crippen molar-refractivity contribution in [1.29, 1.82) is 0 Å². The molecule has 1 N–H and O–H groups in total. The number of rotatable bonds is 2. The van der Waals surface area contributed by atoms with Crippen molar-refractivity contribution >= 4 is 27.1 Å². The number of carbonyl (C=O) groups excluding carboxylic acids is 1. The molecule has 7 heteroatoms. The number of hydrogen-bond donors (Lipinski definition) is 1. The predicted octanol–water partition coefficient (Wildman–Crippen LogP) is 0.410. The zero-order valence-electron chi connectivity index (χ0n) is 11.2. The molecule has 1 fully saturated rings. The van der Waals surface area contributed by atoms with Crippen molar-refractivity contribution in [3.05, 3.63) is 21.9 Å². The summed E-state index contributed by atoms with van der Waals surface area (Å²) in [4.78, 5) is 15.5. The third kappa shape index (κ3) is 3.05. The van der Waals surface area contributed by atoms with Crippen LogP contribution in [0.4, 0.5) is 0 Å². The van der Waals surface area contributed by atoms with Gasteiger partial charge in [-0.3, -0.25) is 4.79 Å². The number of nitrogens with zero attached hydrogens (tertiary/aromatic N) is 1. The molecule has 0 aliphatic carbocycles. The van der Waals surface area contributed by atoms with Crippen LogP contribution in [0, 0.1) is 0 Å². The van der Waals surface area contributed by atoms with Crippen molar-refractivity contribution in [1.82, 2.24) is 10.2 Å². The van der Waals surface area contributed by atoms with E-state index >= 15 is 0 Å². The molecule has 0 saturated carbocycles. The smallest absolute Gasteiger partial charge is 0.224 e. The molecule has 1 atom stereocenters. The second-order valence-corrected chi connectivity index (χ2v) is 8.63. The van der Waals surface area contributed by atoms with Crippen LogP contribution in [0.5, 0.6) is 0 Å². The summed E-state index contributed by atoms with van der Waals surface area (Å²) in [5.41, 5.74) is 1.24. The van der Waals surface area contributed by atoms with E-state index in [1.807, 2.05) is 4.90 Å². The molecule has 1 aromatic heterocycles. The van der Waals surface area contributed by atoms with E-state index in [-0.39, 0.29) is 29.9 Å². The lowest BCUT2D eigenvalue weighted by molar-refractivity contribution is -0.132. The Kier molecular flexibility index (Phi) is 3.83. The van der Waals surface area contributed by atoms with E-state index in [0.29, 0.717) is 13.1 Å². The van der Waals surface area contributed by atoms with E-state index in [4.69, 9.17) is 0 Å². The van der Waals surface area contributed by atoms with Gasteiger partial charge in [0.15, 0.2) is 9.84 Å².